The number of aliphatic hydroxyl groups is 1. The molecule has 8 heteroatoms. The number of thioether (sulfide) groups is 1. The van der Waals surface area contributed by atoms with Crippen molar-refractivity contribution in [2.45, 2.75) is 23.6 Å². The van der Waals surface area contributed by atoms with Crippen LogP contribution in [0.25, 0.3) is 0 Å². The highest BCUT2D eigenvalue weighted by Gasteiger charge is 2.55. The summed E-state index contributed by atoms with van der Waals surface area (Å²) < 4.78 is 41.4. The predicted molar refractivity (Wildman–Crippen MR) is 78.1 cm³/mol. The zero-order valence-electron chi connectivity index (χ0n) is 12.0. The molecular weight excluding hydrogens is 317 g/mol. The molecule has 0 amide bonds. The maximum absolute atomic E-state index is 12.2. The molecule has 1 N–H and O–H groups in total. The third-order valence-corrected chi connectivity index (χ3v) is 5.41. The summed E-state index contributed by atoms with van der Waals surface area (Å²) in [6, 6.07) is 4.68. The van der Waals surface area contributed by atoms with E-state index in [0.29, 0.717) is 12.0 Å². The Morgan fingerprint density at radius 1 is 1.50 bits per heavy atom. The first-order valence-corrected chi connectivity index (χ1v) is 7.56. The van der Waals surface area contributed by atoms with Crippen molar-refractivity contribution < 1.29 is 23.0 Å². The van der Waals surface area contributed by atoms with Crippen LogP contribution in [0.15, 0.2) is 23.2 Å². The molecule has 1 fully saturated rings. The second-order valence-corrected chi connectivity index (χ2v) is 6.49. The first kappa shape index (κ1) is 15.5. The van der Waals surface area contributed by atoms with Crippen LogP contribution in [0.5, 0.6) is 5.75 Å². The summed E-state index contributed by atoms with van der Waals surface area (Å²) >= 11 is 1.47. The summed E-state index contributed by atoms with van der Waals surface area (Å²) in [5.41, 5.74) is 0.337. The van der Waals surface area contributed by atoms with E-state index in [-0.39, 0.29) is 11.0 Å². The van der Waals surface area contributed by atoms with Gasteiger partial charge in [0.2, 0.25) is 0 Å². The fraction of sp³-hybridized carbons (Fsp3) is 0.500. The number of nitrogens with zero attached hydrogens (tertiary/aromatic N) is 2. The Balaban J connectivity index is 1.87. The normalized spacial score (nSPS) is 28.9. The fourth-order valence-corrected chi connectivity index (χ4v) is 4.31. The largest absolute Gasteiger partial charge is 0.484 e. The van der Waals surface area contributed by atoms with Gasteiger partial charge in [-0.15, -0.1) is 0 Å². The first-order valence-electron chi connectivity index (χ1n) is 6.68. The smallest absolute Gasteiger partial charge is 0.422 e. The van der Waals surface area contributed by atoms with Gasteiger partial charge in [0.05, 0.1) is 5.25 Å². The van der Waals surface area contributed by atoms with Gasteiger partial charge >= 0.3 is 6.18 Å². The van der Waals surface area contributed by atoms with Crippen LogP contribution >= 0.6 is 11.8 Å². The summed E-state index contributed by atoms with van der Waals surface area (Å²) in [4.78, 5) is 5.85. The van der Waals surface area contributed by atoms with Gasteiger partial charge in [0, 0.05) is 19.7 Å². The molecule has 1 aliphatic carbocycles. The van der Waals surface area contributed by atoms with Crippen molar-refractivity contribution in [3.8, 4) is 5.75 Å². The van der Waals surface area contributed by atoms with Gasteiger partial charge in [0.1, 0.15) is 5.75 Å². The van der Waals surface area contributed by atoms with Crippen LogP contribution in [-0.2, 0) is 12.1 Å². The monoisotopic (exact) mass is 332 g/mol. The summed E-state index contributed by atoms with van der Waals surface area (Å²) in [6.45, 7) is -1.32. The third-order valence-electron chi connectivity index (χ3n) is 3.97. The van der Waals surface area contributed by atoms with Crippen molar-refractivity contribution in [3.05, 3.63) is 29.3 Å². The topological polar surface area (TPSA) is 45.1 Å². The molecule has 120 valence electrons. The van der Waals surface area contributed by atoms with Crippen LogP contribution in [0.4, 0.5) is 13.2 Å². The van der Waals surface area contributed by atoms with E-state index in [1.165, 1.54) is 17.8 Å². The second kappa shape index (κ2) is 5.06. The number of hydrogen-bond acceptors (Lipinski definition) is 4. The average Bonchev–Trinajstić information content (AvgIpc) is 2.86. The van der Waals surface area contributed by atoms with Crippen LogP contribution in [0.3, 0.4) is 0 Å². The van der Waals surface area contributed by atoms with Crippen molar-refractivity contribution in [1.82, 2.24) is 4.90 Å². The molecule has 1 saturated heterocycles. The van der Waals surface area contributed by atoms with Crippen molar-refractivity contribution in [2.24, 2.45) is 4.99 Å². The summed E-state index contributed by atoms with van der Waals surface area (Å²) in [7, 11) is 3.43. The Bertz CT molecular complexity index is 635. The minimum absolute atomic E-state index is 0.121. The number of aliphatic imine (C=N–C) groups is 1. The molecule has 1 aromatic rings. The molecule has 1 heterocycles. The number of alkyl halides is 3. The minimum Gasteiger partial charge on any atom is -0.484 e. The van der Waals surface area contributed by atoms with Gasteiger partial charge in [-0.1, -0.05) is 17.8 Å². The van der Waals surface area contributed by atoms with Gasteiger partial charge in [-0.05, 0) is 24.1 Å². The van der Waals surface area contributed by atoms with E-state index >= 15 is 0 Å². The van der Waals surface area contributed by atoms with Crippen molar-refractivity contribution >= 4 is 16.9 Å². The predicted octanol–water partition coefficient (Wildman–Crippen LogP) is 2.36. The summed E-state index contributed by atoms with van der Waals surface area (Å²) in [5, 5.41) is 11.6. The fourth-order valence-electron chi connectivity index (χ4n) is 2.94. The van der Waals surface area contributed by atoms with E-state index in [2.05, 4.69) is 4.99 Å². The molecule has 2 aliphatic rings. The molecule has 1 aliphatic heterocycles. The number of fused-ring (bicyclic) bond motifs is 3. The van der Waals surface area contributed by atoms with E-state index in [9.17, 15) is 18.3 Å². The molecule has 22 heavy (non-hydrogen) atoms. The van der Waals surface area contributed by atoms with Gasteiger partial charge in [0.25, 0.3) is 0 Å². The number of hydrogen-bond donors (Lipinski definition) is 1. The van der Waals surface area contributed by atoms with E-state index in [0.717, 1.165) is 10.7 Å². The average molecular weight is 332 g/mol. The molecule has 2 atom stereocenters. The molecule has 0 radical (unpaired) electrons. The summed E-state index contributed by atoms with van der Waals surface area (Å²) in [6.07, 6.45) is -3.81. The lowest BCUT2D eigenvalue weighted by molar-refractivity contribution is -0.153. The van der Waals surface area contributed by atoms with Crippen molar-refractivity contribution in [2.75, 3.05) is 20.7 Å². The quantitative estimate of drug-likeness (QED) is 0.903. The van der Waals surface area contributed by atoms with Gasteiger partial charge in [-0.3, -0.25) is 4.99 Å². The number of halogens is 3. The van der Waals surface area contributed by atoms with Gasteiger partial charge in [-0.2, -0.15) is 13.2 Å². The Morgan fingerprint density at radius 2 is 2.23 bits per heavy atom. The van der Waals surface area contributed by atoms with Gasteiger partial charge < -0.3 is 14.7 Å². The van der Waals surface area contributed by atoms with E-state index < -0.39 is 18.5 Å². The molecule has 0 saturated carbocycles. The zero-order chi connectivity index (χ0) is 16.1. The highest BCUT2D eigenvalue weighted by Crippen LogP contribution is 2.51. The van der Waals surface area contributed by atoms with E-state index in [4.69, 9.17) is 4.74 Å². The molecule has 1 aromatic carbocycles. The Kier molecular flexibility index (Phi) is 3.56. The standard InChI is InChI=1S/C14H15F3N2O2S/c1-18-12-19(2)14(20)10-4-3-9(21-7-13(15,16)17)5-8(10)6-11(14)22-12/h3-5,11,20H,6-7H2,1-2H3. The zero-order valence-corrected chi connectivity index (χ0v) is 12.8. The Hall–Kier alpha value is -1.41. The van der Waals surface area contributed by atoms with Gasteiger partial charge in [-0.25, -0.2) is 0 Å². The maximum atomic E-state index is 12.2. The number of ether oxygens (including phenoxy) is 1. The molecule has 4 nitrogen and oxygen atoms in total. The molecule has 0 aromatic heterocycles. The minimum atomic E-state index is -4.36. The van der Waals surface area contributed by atoms with E-state index in [1.807, 2.05) is 0 Å². The highest BCUT2D eigenvalue weighted by molar-refractivity contribution is 8.14. The third kappa shape index (κ3) is 2.34. The van der Waals surface area contributed by atoms with Crippen LogP contribution in [0.1, 0.15) is 11.1 Å². The molecule has 3 rings (SSSR count). The van der Waals surface area contributed by atoms with Gasteiger partial charge in [0.15, 0.2) is 17.5 Å². The van der Waals surface area contributed by atoms with E-state index in [1.54, 1.807) is 31.1 Å². The Labute approximate surface area is 130 Å². The van der Waals surface area contributed by atoms with Crippen LogP contribution < -0.4 is 4.74 Å². The van der Waals surface area contributed by atoms with Crippen LogP contribution in [-0.4, -0.2) is 47.3 Å². The van der Waals surface area contributed by atoms with Crippen LogP contribution in [0, 0.1) is 0 Å². The number of amidine groups is 1. The summed E-state index contributed by atoms with van der Waals surface area (Å²) in [5.74, 6) is 0.164. The lowest BCUT2D eigenvalue weighted by atomic mass is 10.0. The number of benzene rings is 1. The molecule has 0 bridgehead atoms. The lowest BCUT2D eigenvalue weighted by Gasteiger charge is -2.31. The maximum Gasteiger partial charge on any atom is 0.422 e. The molecule has 0 spiro atoms. The Morgan fingerprint density at radius 3 is 2.86 bits per heavy atom. The lowest BCUT2D eigenvalue weighted by Crippen LogP contribution is -2.44. The number of rotatable bonds is 2. The van der Waals surface area contributed by atoms with Crippen molar-refractivity contribution in [1.29, 1.82) is 0 Å². The molecular formula is C14H15F3N2O2S. The second-order valence-electron chi connectivity index (χ2n) is 5.32. The SMILES string of the molecule is CN=C1SC2Cc3cc(OCC(F)(F)F)ccc3C2(O)N1C. The molecule has 2 unspecified atom stereocenters. The van der Waals surface area contributed by atoms with Crippen LogP contribution in [0.2, 0.25) is 0 Å². The van der Waals surface area contributed by atoms with Crippen molar-refractivity contribution in [3.63, 3.8) is 0 Å². The highest BCUT2D eigenvalue weighted by atomic mass is 32.2. The first-order chi connectivity index (χ1) is 10.3.